The van der Waals surface area contributed by atoms with Crippen LogP contribution in [0.5, 0.6) is 0 Å². The zero-order chi connectivity index (χ0) is 12.3. The van der Waals surface area contributed by atoms with Gasteiger partial charge in [-0.15, -0.1) is 0 Å². The Balaban J connectivity index is 5.59. The number of ether oxygens (including phenoxy) is 1. The van der Waals surface area contributed by atoms with Crippen LogP contribution in [0.3, 0.4) is 0 Å². The minimum absolute atomic E-state index is 0.217. The number of nitrogens with zero attached hydrogens (tertiary/aromatic N) is 1. The van der Waals surface area contributed by atoms with Gasteiger partial charge < -0.3 is 4.74 Å². The first-order valence-corrected chi connectivity index (χ1v) is 3.49. The molecule has 3 nitrogen and oxygen atoms in total. The number of hydrogen-bond donors (Lipinski definition) is 0. The molecule has 0 aliphatic rings. The average Bonchev–Trinajstić information content (AvgIpc) is 1.99. The molecule has 0 atom stereocenters. The van der Waals surface area contributed by atoms with E-state index in [4.69, 9.17) is 0 Å². The van der Waals surface area contributed by atoms with Crippen LogP contribution in [-0.4, -0.2) is 30.8 Å². The Morgan fingerprint density at radius 3 is 1.73 bits per heavy atom. The van der Waals surface area contributed by atoms with Gasteiger partial charge in [0.25, 0.3) is 0 Å². The lowest BCUT2D eigenvalue weighted by atomic mass is 10.2. The number of hydrogen-bond acceptors (Lipinski definition) is 3. The van der Waals surface area contributed by atoms with E-state index in [1.807, 2.05) is 0 Å². The third kappa shape index (κ3) is 2.48. The Morgan fingerprint density at radius 1 is 1.13 bits per heavy atom. The maximum atomic E-state index is 12.1. The highest BCUT2D eigenvalue weighted by atomic mass is 19.4. The predicted octanol–water partition coefficient (Wildman–Crippen LogP) is 2.18. The molecule has 0 unspecified atom stereocenters. The van der Waals surface area contributed by atoms with Crippen molar-refractivity contribution in [3.05, 3.63) is 0 Å². The van der Waals surface area contributed by atoms with E-state index >= 15 is 0 Å². The van der Waals surface area contributed by atoms with Gasteiger partial charge in [-0.05, 0) is 6.92 Å². The standard InChI is InChI=1S/C6H5F6NO2/c1-2-15-4(13-3-14,5(7,8)9)6(10,11)12/h2H2,1H3. The van der Waals surface area contributed by atoms with E-state index in [9.17, 15) is 31.1 Å². The molecule has 0 radical (unpaired) electrons. The molecule has 0 fully saturated rings. The van der Waals surface area contributed by atoms with Gasteiger partial charge in [0.05, 0.1) is 0 Å². The monoisotopic (exact) mass is 237 g/mol. The highest BCUT2D eigenvalue weighted by molar-refractivity contribution is 5.35. The zero-order valence-corrected chi connectivity index (χ0v) is 7.24. The van der Waals surface area contributed by atoms with Crippen LogP contribution in [0.25, 0.3) is 0 Å². The van der Waals surface area contributed by atoms with Crippen LogP contribution >= 0.6 is 0 Å². The molecule has 88 valence electrons. The van der Waals surface area contributed by atoms with Crippen molar-refractivity contribution >= 4 is 6.08 Å². The van der Waals surface area contributed by atoms with Crippen LogP contribution in [0.4, 0.5) is 26.3 Å². The molecule has 0 spiro atoms. The first-order chi connectivity index (χ1) is 6.62. The maximum absolute atomic E-state index is 12.1. The van der Waals surface area contributed by atoms with E-state index in [0.717, 1.165) is 6.92 Å². The normalized spacial score (nSPS) is 13.5. The van der Waals surface area contributed by atoms with E-state index in [-0.39, 0.29) is 6.08 Å². The van der Waals surface area contributed by atoms with Gasteiger partial charge in [0, 0.05) is 6.61 Å². The molecular weight excluding hydrogens is 232 g/mol. The fourth-order valence-electron chi connectivity index (χ4n) is 0.757. The van der Waals surface area contributed by atoms with E-state index < -0.39 is 24.7 Å². The van der Waals surface area contributed by atoms with Gasteiger partial charge in [0.2, 0.25) is 6.08 Å². The van der Waals surface area contributed by atoms with Crippen molar-refractivity contribution < 1.29 is 35.9 Å². The van der Waals surface area contributed by atoms with E-state index in [1.54, 1.807) is 4.99 Å². The molecule has 0 aliphatic carbocycles. The van der Waals surface area contributed by atoms with Crippen LogP contribution in [0.2, 0.25) is 0 Å². The first kappa shape index (κ1) is 13.9. The predicted molar refractivity (Wildman–Crippen MR) is 34.6 cm³/mol. The number of rotatable bonds is 3. The van der Waals surface area contributed by atoms with E-state index in [2.05, 4.69) is 4.74 Å². The Labute approximate surface area is 79.7 Å². The molecule has 0 amide bonds. The second kappa shape index (κ2) is 4.19. The summed E-state index contributed by atoms with van der Waals surface area (Å²) in [6.45, 7) is -0.00322. The van der Waals surface area contributed by atoms with Gasteiger partial charge in [0.1, 0.15) is 0 Å². The fraction of sp³-hybridized carbons (Fsp3) is 0.833. The van der Waals surface area contributed by atoms with Crippen LogP contribution in [-0.2, 0) is 9.53 Å². The van der Waals surface area contributed by atoms with Crippen molar-refractivity contribution in [3.63, 3.8) is 0 Å². The third-order valence-corrected chi connectivity index (χ3v) is 1.32. The van der Waals surface area contributed by atoms with Gasteiger partial charge in [-0.2, -0.15) is 31.3 Å². The molecular formula is C6H5F6NO2. The van der Waals surface area contributed by atoms with Crippen molar-refractivity contribution in [3.8, 4) is 0 Å². The lowest BCUT2D eigenvalue weighted by Crippen LogP contribution is -2.57. The maximum Gasteiger partial charge on any atom is 0.449 e. The smallest absolute Gasteiger partial charge is 0.339 e. The lowest BCUT2D eigenvalue weighted by Gasteiger charge is -2.31. The molecule has 0 aliphatic heterocycles. The summed E-state index contributed by atoms with van der Waals surface area (Å²) in [5, 5.41) is 0. The van der Waals surface area contributed by atoms with Crippen LogP contribution in [0, 0.1) is 0 Å². The quantitative estimate of drug-likeness (QED) is 0.428. The van der Waals surface area contributed by atoms with Gasteiger partial charge in [-0.3, -0.25) is 0 Å². The van der Waals surface area contributed by atoms with Crippen molar-refractivity contribution in [1.29, 1.82) is 0 Å². The second-order valence-electron chi connectivity index (χ2n) is 2.28. The van der Waals surface area contributed by atoms with Crippen molar-refractivity contribution in [2.75, 3.05) is 6.61 Å². The number of carbonyl (C=O) groups excluding carboxylic acids is 1. The van der Waals surface area contributed by atoms with Gasteiger partial charge in [-0.1, -0.05) is 0 Å². The number of aliphatic imine (C=N–C) groups is 1. The third-order valence-electron chi connectivity index (χ3n) is 1.32. The summed E-state index contributed by atoms with van der Waals surface area (Å²) in [6, 6.07) is 0. The molecule has 9 heteroatoms. The van der Waals surface area contributed by atoms with Crippen molar-refractivity contribution in [1.82, 2.24) is 0 Å². The van der Waals surface area contributed by atoms with Gasteiger partial charge >= 0.3 is 18.1 Å². The molecule has 0 aromatic heterocycles. The molecule has 0 rings (SSSR count). The molecule has 15 heavy (non-hydrogen) atoms. The minimum Gasteiger partial charge on any atom is -0.339 e. The van der Waals surface area contributed by atoms with E-state index in [1.165, 1.54) is 0 Å². The minimum atomic E-state index is -5.88. The molecule has 0 N–H and O–H groups in total. The largest absolute Gasteiger partial charge is 0.449 e. The van der Waals surface area contributed by atoms with Gasteiger partial charge in [-0.25, -0.2) is 4.79 Å². The summed E-state index contributed by atoms with van der Waals surface area (Å²) in [5.41, 5.74) is -4.82. The molecule has 0 bridgehead atoms. The number of isocyanates is 1. The second-order valence-corrected chi connectivity index (χ2v) is 2.28. The SMILES string of the molecule is CCOC(N=C=O)(C(F)(F)F)C(F)(F)F. The van der Waals surface area contributed by atoms with Crippen LogP contribution < -0.4 is 0 Å². The summed E-state index contributed by atoms with van der Waals surface area (Å²) < 4.78 is 76.3. The first-order valence-electron chi connectivity index (χ1n) is 3.49. The molecule has 0 saturated carbocycles. The van der Waals surface area contributed by atoms with Crippen LogP contribution in [0.15, 0.2) is 4.99 Å². The zero-order valence-electron chi connectivity index (χ0n) is 7.24. The molecule has 0 aromatic rings. The fourth-order valence-corrected chi connectivity index (χ4v) is 0.757. The highest BCUT2D eigenvalue weighted by Gasteiger charge is 2.73. The Bertz CT molecular complexity index is 250. The van der Waals surface area contributed by atoms with Gasteiger partial charge in [0.15, 0.2) is 0 Å². The number of alkyl halides is 6. The van der Waals surface area contributed by atoms with Crippen molar-refractivity contribution in [2.24, 2.45) is 4.99 Å². The molecule has 0 heterocycles. The average molecular weight is 237 g/mol. The van der Waals surface area contributed by atoms with Crippen LogP contribution in [0.1, 0.15) is 6.92 Å². The lowest BCUT2D eigenvalue weighted by molar-refractivity contribution is -0.376. The highest BCUT2D eigenvalue weighted by Crippen LogP contribution is 2.46. The topological polar surface area (TPSA) is 38.7 Å². The summed E-state index contributed by atoms with van der Waals surface area (Å²) in [7, 11) is 0. The summed E-state index contributed by atoms with van der Waals surface area (Å²) >= 11 is 0. The Hall–Kier alpha value is -1.08. The Morgan fingerprint density at radius 2 is 1.53 bits per heavy atom. The van der Waals surface area contributed by atoms with E-state index in [0.29, 0.717) is 0 Å². The molecule has 0 saturated heterocycles. The summed E-state index contributed by atoms with van der Waals surface area (Å²) in [5.74, 6) is 0. The number of halogens is 6. The molecule has 0 aromatic carbocycles. The van der Waals surface area contributed by atoms with Crippen molar-refractivity contribution in [2.45, 2.75) is 25.0 Å². The summed E-state index contributed by atoms with van der Waals surface area (Å²) in [6.07, 6.45) is -11.5. The summed E-state index contributed by atoms with van der Waals surface area (Å²) in [4.78, 5) is 11.3. The Kier molecular flexibility index (Phi) is 3.89.